The lowest BCUT2D eigenvalue weighted by Gasteiger charge is -2.34. The minimum Gasteiger partial charge on any atom is -0.497 e. The third-order valence-electron chi connectivity index (χ3n) is 12.5. The van der Waals surface area contributed by atoms with E-state index >= 15 is 4.79 Å². The molecular formula is C44H61FN4O10S. The van der Waals surface area contributed by atoms with Gasteiger partial charge in [0.2, 0.25) is 27.7 Å². The average molecular weight is 857 g/mol. The predicted octanol–water partition coefficient (Wildman–Crippen LogP) is 6.01. The first-order valence-electron chi connectivity index (χ1n) is 21.1. The number of carbonyl (C=O) groups excluding carboxylic acids is 4. The van der Waals surface area contributed by atoms with Gasteiger partial charge in [0.05, 0.1) is 48.5 Å². The topological polar surface area (TPSA) is 180 Å². The van der Waals surface area contributed by atoms with Crippen molar-refractivity contribution in [3.05, 3.63) is 36.0 Å². The monoisotopic (exact) mass is 856 g/mol. The number of carbonyl (C=O) groups is 4. The summed E-state index contributed by atoms with van der Waals surface area (Å²) in [5, 5.41) is 0. The Morgan fingerprint density at radius 3 is 2.45 bits per heavy atom. The van der Waals surface area contributed by atoms with Gasteiger partial charge in [0.15, 0.2) is 5.78 Å². The number of fused-ring (bicyclic) bond motifs is 3. The van der Waals surface area contributed by atoms with Gasteiger partial charge in [-0.2, -0.15) is 0 Å². The number of methoxy groups -OCH3 is 2. The maximum atomic E-state index is 15.2. The third-order valence-corrected chi connectivity index (χ3v) is 14.6. The largest absolute Gasteiger partial charge is 0.497 e. The van der Waals surface area contributed by atoms with Crippen molar-refractivity contribution in [1.82, 2.24) is 19.6 Å². The molecule has 0 bridgehead atoms. The lowest BCUT2D eigenvalue weighted by molar-refractivity contribution is -0.160. The fraction of sp³-hybridized carbons (Fsp3) is 0.682. The van der Waals surface area contributed by atoms with Crippen molar-refractivity contribution in [3.8, 4) is 11.6 Å². The number of nitrogens with zero attached hydrogens (tertiary/aromatic N) is 3. The number of hydrogen-bond acceptors (Lipinski definition) is 12. The molecule has 2 amide bonds. The average Bonchev–Trinajstić information content (AvgIpc) is 4.08. The number of halogens is 1. The Balaban J connectivity index is 1.39. The fourth-order valence-corrected chi connectivity index (χ4v) is 10.2. The Kier molecular flexibility index (Phi) is 13.3. The van der Waals surface area contributed by atoms with E-state index in [2.05, 4.69) is 11.6 Å². The molecule has 14 nitrogen and oxygen atoms in total. The van der Waals surface area contributed by atoms with Crippen LogP contribution in [-0.4, -0.2) is 103 Å². The van der Waals surface area contributed by atoms with Gasteiger partial charge in [-0.05, 0) is 89.2 Å². The molecule has 16 heteroatoms. The predicted molar refractivity (Wildman–Crippen MR) is 221 cm³/mol. The van der Waals surface area contributed by atoms with Gasteiger partial charge in [0.1, 0.15) is 34.6 Å². The second-order valence-corrected chi connectivity index (χ2v) is 20.8. The van der Waals surface area contributed by atoms with E-state index in [9.17, 15) is 27.2 Å². The molecule has 0 spiro atoms. The molecule has 2 aliphatic carbocycles. The SMILES string of the molecule is COC[C@@H]1C[C@H](C)CC/C=C\[C@@H]2C[C@@]2(C(=O)NS(=O)(=O)C2(CF)CC2)CC(=O)[C@@H]2C[C@@H](Oc3nc4cc(OC)ccc4nc3C(C)C)CN2C(=O)[C@H]1CC(=O)OC(C)(C)C. The molecule has 60 heavy (non-hydrogen) atoms. The van der Waals surface area contributed by atoms with E-state index in [4.69, 9.17) is 28.9 Å². The van der Waals surface area contributed by atoms with Crippen LogP contribution in [0.4, 0.5) is 4.39 Å². The number of esters is 1. The second-order valence-electron chi connectivity index (χ2n) is 18.7. The van der Waals surface area contributed by atoms with E-state index in [0.717, 1.165) is 6.42 Å². The zero-order valence-electron chi connectivity index (χ0n) is 36.1. The van der Waals surface area contributed by atoms with Gasteiger partial charge in [-0.1, -0.05) is 32.9 Å². The van der Waals surface area contributed by atoms with Gasteiger partial charge in [0, 0.05) is 38.5 Å². The van der Waals surface area contributed by atoms with Crippen molar-refractivity contribution < 1.29 is 50.9 Å². The van der Waals surface area contributed by atoms with Crippen LogP contribution in [0.5, 0.6) is 11.6 Å². The van der Waals surface area contributed by atoms with Crippen LogP contribution >= 0.6 is 0 Å². The summed E-state index contributed by atoms with van der Waals surface area (Å²) in [6.45, 7) is 10.3. The van der Waals surface area contributed by atoms with Crippen LogP contribution in [-0.2, 0) is 38.7 Å². The first kappa shape index (κ1) is 45.3. The van der Waals surface area contributed by atoms with Crippen LogP contribution in [0.15, 0.2) is 30.4 Å². The van der Waals surface area contributed by atoms with Crippen LogP contribution in [0.2, 0.25) is 0 Å². The van der Waals surface area contributed by atoms with E-state index in [1.807, 2.05) is 32.1 Å². The molecule has 7 atom stereocenters. The van der Waals surface area contributed by atoms with Gasteiger partial charge < -0.3 is 23.8 Å². The number of ketones is 1. The minimum absolute atomic E-state index is 0.0336. The summed E-state index contributed by atoms with van der Waals surface area (Å²) in [5.41, 5.74) is -0.490. The summed E-state index contributed by atoms with van der Waals surface area (Å²) in [6.07, 6.45) is 4.79. The summed E-state index contributed by atoms with van der Waals surface area (Å²) in [5.74, 6) is -3.30. The number of hydrogen-bond donors (Lipinski definition) is 1. The Morgan fingerprint density at radius 1 is 1.08 bits per heavy atom. The molecule has 2 saturated carbocycles. The molecule has 4 aliphatic rings. The maximum absolute atomic E-state index is 15.2. The van der Waals surface area contributed by atoms with Crippen LogP contribution in [0.1, 0.15) is 111 Å². The number of sulfonamides is 1. The highest BCUT2D eigenvalue weighted by Crippen LogP contribution is 2.58. The third kappa shape index (κ3) is 9.79. The fourth-order valence-electron chi connectivity index (χ4n) is 8.79. The van der Waals surface area contributed by atoms with Crippen molar-refractivity contribution >= 4 is 44.6 Å². The standard InChI is InChI=1S/C44H61FN4O10S/c1-26(2)38-39(47-34-18-30(57-8)13-14-33(34)46-38)58-31-19-35-36(50)22-44(41(53)48-60(54,55)43(25-45)15-16-43)21-29(44)12-10-9-11-27(3)17-28(24-56-7)32(40(52)49(35)23-31)20-37(51)59-42(4,5)6/h10,12-14,18,26-29,31-32,35H,9,11,15-17,19-25H2,1-8H3,(H,48,53)/b12-10-/t27-,28+,29-,31-,32+,35+,44-/m1/s1. The summed E-state index contributed by atoms with van der Waals surface area (Å²) >= 11 is 0. The molecule has 2 aliphatic heterocycles. The molecular weight excluding hydrogens is 796 g/mol. The normalized spacial score (nSPS) is 28.9. The van der Waals surface area contributed by atoms with E-state index in [-0.39, 0.29) is 69.4 Å². The highest BCUT2D eigenvalue weighted by molar-refractivity contribution is 7.91. The number of rotatable bonds is 12. The zero-order chi connectivity index (χ0) is 43.8. The lowest BCUT2D eigenvalue weighted by Crippen LogP contribution is -2.49. The molecule has 3 heterocycles. The highest BCUT2D eigenvalue weighted by atomic mass is 32.2. The van der Waals surface area contributed by atoms with Gasteiger partial charge in [-0.25, -0.2) is 22.8 Å². The molecule has 1 aromatic carbocycles. The van der Waals surface area contributed by atoms with Gasteiger partial charge in [-0.15, -0.1) is 0 Å². The highest BCUT2D eigenvalue weighted by Gasteiger charge is 2.63. The van der Waals surface area contributed by atoms with Crippen molar-refractivity contribution in [3.63, 3.8) is 0 Å². The smallest absolute Gasteiger partial charge is 0.307 e. The molecule has 6 rings (SSSR count). The van der Waals surface area contributed by atoms with Crippen molar-refractivity contribution in [1.29, 1.82) is 0 Å². The van der Waals surface area contributed by atoms with E-state index in [1.165, 1.54) is 4.90 Å². The number of alkyl halides is 1. The van der Waals surface area contributed by atoms with E-state index < -0.39 is 85.9 Å². The van der Waals surface area contributed by atoms with Gasteiger partial charge >= 0.3 is 5.97 Å². The van der Waals surface area contributed by atoms with E-state index in [0.29, 0.717) is 35.3 Å². The molecule has 1 aromatic heterocycles. The minimum atomic E-state index is -4.36. The lowest BCUT2D eigenvalue weighted by atomic mass is 9.81. The molecule has 1 N–H and O–H groups in total. The van der Waals surface area contributed by atoms with Crippen LogP contribution in [0.25, 0.3) is 11.0 Å². The molecule has 0 radical (unpaired) electrons. The number of amides is 2. The number of benzene rings is 1. The molecule has 0 unspecified atom stereocenters. The number of ether oxygens (including phenoxy) is 4. The van der Waals surface area contributed by atoms with Crippen molar-refractivity contribution in [2.75, 3.05) is 34.0 Å². The van der Waals surface area contributed by atoms with Gasteiger partial charge in [0.25, 0.3) is 0 Å². The summed E-state index contributed by atoms with van der Waals surface area (Å²) in [7, 11) is -1.27. The summed E-state index contributed by atoms with van der Waals surface area (Å²) in [6, 6.07) is 4.24. The second kappa shape index (κ2) is 17.7. The number of Topliss-reactive ketones (excluding diaryl/α,β-unsaturated/α-hetero) is 1. The molecule has 1 saturated heterocycles. The van der Waals surface area contributed by atoms with Crippen molar-refractivity contribution in [2.24, 2.45) is 29.1 Å². The first-order chi connectivity index (χ1) is 28.2. The Bertz CT molecular complexity index is 2100. The maximum Gasteiger partial charge on any atom is 0.307 e. The number of aromatic nitrogens is 2. The zero-order valence-corrected chi connectivity index (χ0v) is 36.9. The quantitative estimate of drug-likeness (QED) is 0.194. The summed E-state index contributed by atoms with van der Waals surface area (Å²) in [4.78, 5) is 68.8. The molecule has 2 aromatic rings. The van der Waals surface area contributed by atoms with Crippen LogP contribution in [0, 0.1) is 29.1 Å². The Labute approximate surface area is 352 Å². The first-order valence-corrected chi connectivity index (χ1v) is 22.6. The Morgan fingerprint density at radius 2 is 1.82 bits per heavy atom. The van der Waals surface area contributed by atoms with Crippen LogP contribution < -0.4 is 14.2 Å². The van der Waals surface area contributed by atoms with Gasteiger partial charge in [-0.3, -0.25) is 23.9 Å². The van der Waals surface area contributed by atoms with E-state index in [1.54, 1.807) is 47.1 Å². The summed E-state index contributed by atoms with van der Waals surface area (Å²) < 4.78 is 64.5. The van der Waals surface area contributed by atoms with Crippen molar-refractivity contribution in [2.45, 2.75) is 128 Å². The number of allylic oxidation sites excluding steroid dienone is 2. The molecule has 330 valence electrons. The number of nitrogens with one attached hydrogen (secondary N) is 1. The van der Waals surface area contributed by atoms with Crippen LogP contribution in [0.3, 0.4) is 0 Å². The Hall–Kier alpha value is -4.18. The molecule has 3 fully saturated rings.